The number of thiazole rings is 1. The van der Waals surface area contributed by atoms with E-state index >= 15 is 0 Å². The third-order valence-electron chi connectivity index (χ3n) is 3.68. The molecular formula is C18H13ClN4O2S. The highest BCUT2D eigenvalue weighted by Gasteiger charge is 2.12. The van der Waals surface area contributed by atoms with E-state index in [0.717, 1.165) is 15.8 Å². The summed E-state index contributed by atoms with van der Waals surface area (Å²) in [5, 5.41) is 7.98. The minimum atomic E-state index is -0.143. The SMILES string of the molecule is O=C(CCc1nc(-c2ccc(Cl)cc2)no1)Nc1nc2ccccc2s1. The quantitative estimate of drug-likeness (QED) is 0.545. The number of carbonyl (C=O) groups excluding carboxylic acids is 1. The minimum Gasteiger partial charge on any atom is -0.339 e. The molecule has 2 aromatic carbocycles. The molecule has 0 aliphatic carbocycles. The molecule has 0 saturated carbocycles. The fourth-order valence-electron chi connectivity index (χ4n) is 2.40. The molecule has 0 aliphatic heterocycles. The van der Waals surface area contributed by atoms with Gasteiger partial charge >= 0.3 is 0 Å². The van der Waals surface area contributed by atoms with Gasteiger partial charge in [0, 0.05) is 23.4 Å². The summed E-state index contributed by atoms with van der Waals surface area (Å²) in [6.07, 6.45) is 0.593. The second-order valence-corrected chi connectivity index (χ2v) is 7.02. The highest BCUT2D eigenvalue weighted by molar-refractivity contribution is 7.22. The molecule has 0 bridgehead atoms. The van der Waals surface area contributed by atoms with Gasteiger partial charge in [-0.15, -0.1) is 0 Å². The van der Waals surface area contributed by atoms with Crippen LogP contribution >= 0.6 is 22.9 Å². The molecule has 0 aliphatic rings. The molecule has 8 heteroatoms. The number of halogens is 1. The van der Waals surface area contributed by atoms with Gasteiger partial charge in [-0.25, -0.2) is 4.98 Å². The Morgan fingerprint density at radius 2 is 1.92 bits per heavy atom. The fraction of sp³-hybridized carbons (Fsp3) is 0.111. The zero-order valence-corrected chi connectivity index (χ0v) is 15.0. The molecule has 4 rings (SSSR count). The van der Waals surface area contributed by atoms with E-state index in [4.69, 9.17) is 16.1 Å². The second kappa shape index (κ2) is 7.23. The predicted octanol–water partition coefficient (Wildman–Crippen LogP) is 4.57. The number of nitrogens with zero attached hydrogens (tertiary/aromatic N) is 3. The smallest absolute Gasteiger partial charge is 0.227 e. The lowest BCUT2D eigenvalue weighted by Crippen LogP contribution is -2.12. The number of rotatable bonds is 5. The monoisotopic (exact) mass is 384 g/mol. The molecule has 4 aromatic rings. The first-order valence-corrected chi connectivity index (χ1v) is 9.11. The van der Waals surface area contributed by atoms with Crippen molar-refractivity contribution in [2.24, 2.45) is 0 Å². The lowest BCUT2D eigenvalue weighted by Gasteiger charge is -1.98. The third-order valence-corrected chi connectivity index (χ3v) is 4.88. The first-order valence-electron chi connectivity index (χ1n) is 7.91. The van der Waals surface area contributed by atoms with Crippen molar-refractivity contribution in [3.8, 4) is 11.4 Å². The number of para-hydroxylation sites is 1. The Labute approximate surface area is 157 Å². The van der Waals surface area contributed by atoms with E-state index in [1.165, 1.54) is 11.3 Å². The summed E-state index contributed by atoms with van der Waals surface area (Å²) in [6.45, 7) is 0. The number of amides is 1. The van der Waals surface area contributed by atoms with Gasteiger partial charge in [-0.05, 0) is 36.4 Å². The van der Waals surface area contributed by atoms with E-state index in [1.807, 2.05) is 36.4 Å². The first-order chi connectivity index (χ1) is 12.7. The number of hydrogen-bond acceptors (Lipinski definition) is 6. The van der Waals surface area contributed by atoms with E-state index in [1.54, 1.807) is 12.1 Å². The minimum absolute atomic E-state index is 0.143. The summed E-state index contributed by atoms with van der Waals surface area (Å²) in [7, 11) is 0. The van der Waals surface area contributed by atoms with Crippen LogP contribution in [0.3, 0.4) is 0 Å². The highest BCUT2D eigenvalue weighted by atomic mass is 35.5. The highest BCUT2D eigenvalue weighted by Crippen LogP contribution is 2.25. The summed E-state index contributed by atoms with van der Waals surface area (Å²) in [5.41, 5.74) is 1.68. The van der Waals surface area contributed by atoms with Gasteiger partial charge in [-0.3, -0.25) is 4.79 Å². The maximum absolute atomic E-state index is 12.1. The van der Waals surface area contributed by atoms with E-state index in [2.05, 4.69) is 20.4 Å². The maximum Gasteiger partial charge on any atom is 0.227 e. The zero-order chi connectivity index (χ0) is 17.9. The van der Waals surface area contributed by atoms with Crippen LogP contribution in [0.4, 0.5) is 5.13 Å². The van der Waals surface area contributed by atoms with E-state index in [9.17, 15) is 4.79 Å². The van der Waals surface area contributed by atoms with Crippen LogP contribution in [0.2, 0.25) is 5.02 Å². The molecule has 6 nitrogen and oxygen atoms in total. The van der Waals surface area contributed by atoms with Crippen molar-refractivity contribution in [2.45, 2.75) is 12.8 Å². The van der Waals surface area contributed by atoms with Crippen molar-refractivity contribution in [1.29, 1.82) is 0 Å². The van der Waals surface area contributed by atoms with Gasteiger partial charge in [0.25, 0.3) is 0 Å². The summed E-state index contributed by atoms with van der Waals surface area (Å²) in [5.74, 6) is 0.743. The van der Waals surface area contributed by atoms with Crippen molar-refractivity contribution in [1.82, 2.24) is 15.1 Å². The van der Waals surface area contributed by atoms with E-state index in [0.29, 0.717) is 28.3 Å². The standard InChI is InChI=1S/C18H13ClN4O2S/c19-12-7-5-11(6-8-12)17-22-16(25-23-17)10-9-15(24)21-18-20-13-3-1-2-4-14(13)26-18/h1-8H,9-10H2,(H,20,21,24). The van der Waals surface area contributed by atoms with Gasteiger partial charge in [0.2, 0.25) is 17.6 Å². The third kappa shape index (κ3) is 3.74. The number of aryl methyl sites for hydroxylation is 1. The first kappa shape index (κ1) is 16.7. The van der Waals surface area contributed by atoms with Crippen molar-refractivity contribution < 1.29 is 9.32 Å². The molecule has 1 amide bonds. The van der Waals surface area contributed by atoms with Gasteiger partial charge in [-0.1, -0.05) is 40.2 Å². The van der Waals surface area contributed by atoms with Gasteiger partial charge in [0.15, 0.2) is 5.13 Å². The Morgan fingerprint density at radius 1 is 1.12 bits per heavy atom. The fourth-order valence-corrected chi connectivity index (χ4v) is 3.41. The molecule has 0 spiro atoms. The summed E-state index contributed by atoms with van der Waals surface area (Å²) in [4.78, 5) is 20.8. The van der Waals surface area contributed by atoms with Crippen LogP contribution in [0, 0.1) is 0 Å². The molecule has 0 radical (unpaired) electrons. The summed E-state index contributed by atoms with van der Waals surface area (Å²) in [6, 6.07) is 14.9. The lowest BCUT2D eigenvalue weighted by molar-refractivity contribution is -0.116. The average molecular weight is 385 g/mol. The summed E-state index contributed by atoms with van der Waals surface area (Å²) >= 11 is 7.31. The Hall–Kier alpha value is -2.77. The molecule has 0 saturated heterocycles. The molecule has 0 unspecified atom stereocenters. The largest absolute Gasteiger partial charge is 0.339 e. The van der Waals surface area contributed by atoms with Crippen LogP contribution in [0.25, 0.3) is 21.6 Å². The van der Waals surface area contributed by atoms with Crippen molar-refractivity contribution in [3.63, 3.8) is 0 Å². The number of aromatic nitrogens is 3. The molecule has 0 atom stereocenters. The number of hydrogen-bond donors (Lipinski definition) is 1. The Morgan fingerprint density at radius 3 is 2.73 bits per heavy atom. The van der Waals surface area contributed by atoms with Gasteiger partial charge in [0.05, 0.1) is 10.2 Å². The van der Waals surface area contributed by atoms with Crippen LogP contribution in [0.15, 0.2) is 53.1 Å². The Kier molecular flexibility index (Phi) is 4.64. The summed E-state index contributed by atoms with van der Waals surface area (Å²) < 4.78 is 6.25. The Bertz CT molecular complexity index is 1030. The lowest BCUT2D eigenvalue weighted by atomic mass is 10.2. The van der Waals surface area contributed by atoms with Crippen LogP contribution in [0.1, 0.15) is 12.3 Å². The van der Waals surface area contributed by atoms with Crippen molar-refractivity contribution in [3.05, 3.63) is 59.4 Å². The molecule has 26 heavy (non-hydrogen) atoms. The normalized spacial score (nSPS) is 11.0. The number of anilines is 1. The van der Waals surface area contributed by atoms with Gasteiger partial charge in [0.1, 0.15) is 0 Å². The molecule has 1 N–H and O–H groups in total. The molecule has 2 aromatic heterocycles. The van der Waals surface area contributed by atoms with Crippen molar-refractivity contribution >= 4 is 44.2 Å². The van der Waals surface area contributed by atoms with Crippen molar-refractivity contribution in [2.75, 3.05) is 5.32 Å². The molecule has 0 fully saturated rings. The Balaban J connectivity index is 1.36. The topological polar surface area (TPSA) is 80.9 Å². The molecular weight excluding hydrogens is 372 g/mol. The van der Waals surface area contributed by atoms with E-state index in [-0.39, 0.29) is 12.3 Å². The van der Waals surface area contributed by atoms with Gasteiger partial charge < -0.3 is 9.84 Å². The van der Waals surface area contributed by atoms with Crippen LogP contribution in [-0.4, -0.2) is 21.0 Å². The van der Waals surface area contributed by atoms with E-state index < -0.39 is 0 Å². The van der Waals surface area contributed by atoms with Gasteiger partial charge in [-0.2, -0.15) is 4.98 Å². The molecule has 2 heterocycles. The van der Waals surface area contributed by atoms with Crippen LogP contribution in [0.5, 0.6) is 0 Å². The second-order valence-electron chi connectivity index (χ2n) is 5.55. The average Bonchev–Trinajstić information content (AvgIpc) is 3.27. The number of carbonyl (C=O) groups is 1. The predicted molar refractivity (Wildman–Crippen MR) is 101 cm³/mol. The van der Waals surface area contributed by atoms with Crippen LogP contribution < -0.4 is 5.32 Å². The zero-order valence-electron chi connectivity index (χ0n) is 13.5. The maximum atomic E-state index is 12.1. The number of fused-ring (bicyclic) bond motifs is 1. The number of benzene rings is 2. The molecule has 130 valence electrons. The van der Waals surface area contributed by atoms with Crippen LogP contribution in [-0.2, 0) is 11.2 Å². The number of nitrogens with one attached hydrogen (secondary N) is 1.